The van der Waals surface area contributed by atoms with E-state index in [1.54, 1.807) is 0 Å². The second-order valence-corrected chi connectivity index (χ2v) is 13.6. The van der Waals surface area contributed by atoms with Gasteiger partial charge in [-0.05, 0) is 25.5 Å². The Balaban J connectivity index is 3.93. The summed E-state index contributed by atoms with van der Waals surface area (Å²) in [6.07, 6.45) is -11.0. The molecule has 1 aromatic rings. The summed E-state index contributed by atoms with van der Waals surface area (Å²) in [6, 6.07) is -0.405. The van der Waals surface area contributed by atoms with E-state index >= 15 is 0 Å². The van der Waals surface area contributed by atoms with Crippen LogP contribution in [0.4, 0.5) is 159 Å². The number of aryl methyl sites for hydroxylation is 1. The van der Waals surface area contributed by atoms with Crippen molar-refractivity contribution in [1.82, 2.24) is 5.32 Å². The maximum atomic E-state index is 14.5. The number of nitrogens with one attached hydrogen (secondary N) is 1. The number of halogens is 35. The second kappa shape index (κ2) is 16.6. The summed E-state index contributed by atoms with van der Waals surface area (Å²) in [7, 11) is 0. The van der Waals surface area contributed by atoms with Crippen LogP contribution < -0.4 is 5.32 Å². The zero-order valence-corrected chi connectivity index (χ0v) is 31.0. The molecule has 4 nitrogen and oxygen atoms in total. The van der Waals surface area contributed by atoms with Crippen LogP contribution in [0, 0.1) is 6.92 Å². The summed E-state index contributed by atoms with van der Waals surface area (Å²) < 4.78 is 485. The van der Waals surface area contributed by atoms with Gasteiger partial charge >= 0.3 is 101 Å². The van der Waals surface area contributed by atoms with Crippen LogP contribution in [-0.4, -0.2) is 119 Å². The maximum absolute atomic E-state index is 14.5. The minimum absolute atomic E-state index is 0.00821. The van der Waals surface area contributed by atoms with Gasteiger partial charge in [-0.3, -0.25) is 4.79 Å². The normalized spacial score (nSPS) is 16.4. The van der Waals surface area contributed by atoms with Crippen LogP contribution in [0.2, 0.25) is 0 Å². The fourth-order valence-corrected chi connectivity index (χ4v) is 4.87. The summed E-state index contributed by atoms with van der Waals surface area (Å²) in [5.74, 6) is -157. The molecule has 0 saturated carbocycles. The van der Waals surface area contributed by atoms with Crippen LogP contribution in [0.5, 0.6) is 0 Å². The Morgan fingerprint density at radius 3 is 0.956 bits per heavy atom. The van der Waals surface area contributed by atoms with Crippen LogP contribution in [0.15, 0.2) is 23.2 Å². The molecule has 0 radical (unpaired) electrons. The number of amides is 1. The van der Waals surface area contributed by atoms with Crippen molar-refractivity contribution in [2.45, 2.75) is 127 Å². The highest BCUT2D eigenvalue weighted by atomic mass is 19.4. The summed E-state index contributed by atoms with van der Waals surface area (Å²) >= 11 is 0. The first-order valence-corrected chi connectivity index (χ1v) is 15.8. The third-order valence-corrected chi connectivity index (χ3v) is 8.92. The highest BCUT2D eigenvalue weighted by molar-refractivity contribution is 6.00. The molecule has 1 aromatic carbocycles. The van der Waals surface area contributed by atoms with E-state index in [0.717, 1.165) is 25.1 Å². The highest BCUT2D eigenvalue weighted by Crippen LogP contribution is 2.70. The van der Waals surface area contributed by atoms with Crippen molar-refractivity contribution in [1.29, 1.82) is 0 Å². The number of hydrogen-bond donors (Lipinski definition) is 1. The van der Waals surface area contributed by atoms with Gasteiger partial charge < -0.3 is 5.32 Å². The third kappa shape index (κ3) is 7.87. The van der Waals surface area contributed by atoms with E-state index in [9.17, 15) is 163 Å². The molecule has 0 aliphatic heterocycles. The Morgan fingerprint density at radius 1 is 0.456 bits per heavy atom. The number of benzene rings is 1. The molecule has 0 aliphatic carbocycles. The van der Waals surface area contributed by atoms with E-state index in [0.29, 0.717) is 6.07 Å². The van der Waals surface area contributed by atoms with Gasteiger partial charge in [0.2, 0.25) is 6.08 Å². The van der Waals surface area contributed by atoms with E-state index in [2.05, 4.69) is 4.99 Å². The molecule has 0 saturated heterocycles. The zero-order valence-electron chi connectivity index (χ0n) is 31.0. The Kier molecular flexibility index (Phi) is 15.1. The van der Waals surface area contributed by atoms with Crippen LogP contribution in [0.25, 0.3) is 0 Å². The molecular formula is C29H13F35N2O2. The minimum Gasteiger partial charge on any atom is -0.349 e. The molecule has 39 heteroatoms. The molecule has 0 heterocycles. The van der Waals surface area contributed by atoms with Crippen molar-refractivity contribution in [3.05, 3.63) is 29.3 Å². The van der Waals surface area contributed by atoms with Crippen molar-refractivity contribution in [2.24, 2.45) is 4.99 Å². The van der Waals surface area contributed by atoms with Gasteiger partial charge in [0.15, 0.2) is 0 Å². The highest BCUT2D eigenvalue weighted by Gasteiger charge is 3.02. The zero-order chi connectivity index (χ0) is 55.3. The fourth-order valence-electron chi connectivity index (χ4n) is 4.87. The number of alkyl halides is 35. The summed E-state index contributed by atoms with van der Waals surface area (Å²) in [5, 5.41) is 1.17. The average molecular weight is 1090 g/mol. The first-order valence-electron chi connectivity index (χ1n) is 15.8. The molecule has 1 N–H and O–H groups in total. The number of para-hydroxylation sites is 1. The number of rotatable bonds is 20. The second-order valence-electron chi connectivity index (χ2n) is 13.6. The smallest absolute Gasteiger partial charge is 0.349 e. The summed E-state index contributed by atoms with van der Waals surface area (Å²) in [6.45, 7) is 1.03. The monoisotopic (exact) mass is 1090 g/mol. The van der Waals surface area contributed by atoms with Crippen molar-refractivity contribution in [2.75, 3.05) is 0 Å². The standard InChI is InChI=1S/C29H13F35N2O2/c1-8-4-3-5-10(11(8)65-7-67)12(68)66-9(2)6-13(30,31)14(32,33)15(34,35)16(36,37)17(38,39)18(40,41)19(42,43)20(44,45)21(46,47)22(48,49)23(50,51)24(52,53)25(54,55)26(56,57)27(58,59)28(60,61)29(62,63)64/h3-5,9H,6H2,1-2H3,(H,66,68). The van der Waals surface area contributed by atoms with Gasteiger partial charge in [-0.1, -0.05) is 12.1 Å². The molecular weight excluding hydrogens is 1070 g/mol. The first kappa shape index (κ1) is 61.6. The lowest BCUT2D eigenvalue weighted by Crippen LogP contribution is -2.80. The molecule has 0 aliphatic rings. The topological polar surface area (TPSA) is 58.5 Å². The number of hydrogen-bond acceptors (Lipinski definition) is 3. The molecule has 396 valence electrons. The molecule has 68 heavy (non-hydrogen) atoms. The predicted octanol–water partition coefficient (Wildman–Crippen LogP) is 13.2. The summed E-state index contributed by atoms with van der Waals surface area (Å²) in [4.78, 5) is 25.9. The SMILES string of the molecule is Cc1cccc(C(=O)NC(C)CC(F)(F)C(F)(F)C(F)(F)C(F)(F)C(F)(F)C(F)(F)C(F)(F)C(F)(F)C(F)(F)C(F)(F)C(F)(F)C(F)(F)C(F)(F)C(F)(F)C(F)(F)C(F)(F)C(F)(F)F)c1N=C=O. The van der Waals surface area contributed by atoms with E-state index in [4.69, 9.17) is 0 Å². The van der Waals surface area contributed by atoms with Gasteiger partial charge in [0.1, 0.15) is 0 Å². The van der Waals surface area contributed by atoms with E-state index in [1.807, 2.05) is 0 Å². The summed E-state index contributed by atoms with van der Waals surface area (Å²) in [5.41, 5.74) is -1.85. The Hall–Kier alpha value is -4.38. The Bertz CT molecular complexity index is 2080. The van der Waals surface area contributed by atoms with Crippen LogP contribution in [-0.2, 0) is 4.79 Å². The molecule has 0 bridgehead atoms. The van der Waals surface area contributed by atoms with Gasteiger partial charge in [-0.2, -0.15) is 159 Å². The lowest BCUT2D eigenvalue weighted by molar-refractivity contribution is -0.492. The molecule has 1 unspecified atom stereocenters. The van der Waals surface area contributed by atoms with Crippen molar-refractivity contribution >= 4 is 17.7 Å². The van der Waals surface area contributed by atoms with Gasteiger partial charge in [0, 0.05) is 12.5 Å². The Labute approximate surface area is 348 Å². The van der Waals surface area contributed by atoms with Crippen LogP contribution in [0.3, 0.4) is 0 Å². The minimum atomic E-state index is -10.4. The van der Waals surface area contributed by atoms with Crippen LogP contribution >= 0.6 is 0 Å². The van der Waals surface area contributed by atoms with Crippen molar-refractivity contribution in [3.8, 4) is 0 Å². The first-order chi connectivity index (χ1) is 29.2. The number of isocyanates is 1. The predicted molar refractivity (Wildman–Crippen MR) is 146 cm³/mol. The lowest BCUT2D eigenvalue weighted by Gasteiger charge is -2.47. The van der Waals surface area contributed by atoms with Crippen molar-refractivity contribution < 1.29 is 163 Å². The number of aliphatic imine (C=N–C) groups is 1. The molecule has 0 spiro atoms. The molecule has 0 fully saturated rings. The van der Waals surface area contributed by atoms with Gasteiger partial charge in [0.05, 0.1) is 11.3 Å². The fraction of sp³-hybridized carbons (Fsp3) is 0.724. The lowest BCUT2D eigenvalue weighted by atomic mass is 9.82. The van der Waals surface area contributed by atoms with E-state index < -0.39 is 131 Å². The third-order valence-electron chi connectivity index (χ3n) is 8.92. The van der Waals surface area contributed by atoms with Gasteiger partial charge in [0.25, 0.3) is 5.91 Å². The largest absolute Gasteiger partial charge is 0.460 e. The molecule has 0 aromatic heterocycles. The van der Waals surface area contributed by atoms with Gasteiger partial charge in [-0.25, -0.2) is 4.79 Å². The van der Waals surface area contributed by atoms with Crippen LogP contribution in [0.1, 0.15) is 29.3 Å². The Morgan fingerprint density at radius 2 is 0.706 bits per heavy atom. The molecule has 1 amide bonds. The van der Waals surface area contributed by atoms with Crippen molar-refractivity contribution in [3.63, 3.8) is 0 Å². The van der Waals surface area contributed by atoms with E-state index in [-0.39, 0.29) is 12.5 Å². The molecule has 1 rings (SSSR count). The average Bonchev–Trinajstić information content (AvgIpc) is 3.13. The number of carbonyl (C=O) groups is 1. The number of carbonyl (C=O) groups excluding carboxylic acids is 2. The number of nitrogens with zero attached hydrogens (tertiary/aromatic N) is 1. The maximum Gasteiger partial charge on any atom is 0.460 e. The van der Waals surface area contributed by atoms with E-state index in [1.165, 1.54) is 5.32 Å². The quantitative estimate of drug-likeness (QED) is 0.0804. The van der Waals surface area contributed by atoms with Gasteiger partial charge in [-0.15, -0.1) is 0 Å². The molecule has 1 atom stereocenters.